The van der Waals surface area contributed by atoms with Crippen LogP contribution in [0.15, 0.2) is 18.2 Å². The van der Waals surface area contributed by atoms with E-state index in [0.29, 0.717) is 11.3 Å². The number of benzene rings is 1. The van der Waals surface area contributed by atoms with Crippen LogP contribution in [0.5, 0.6) is 0 Å². The Bertz CT molecular complexity index is 615. The van der Waals surface area contributed by atoms with Gasteiger partial charge in [0.1, 0.15) is 17.3 Å². The van der Waals surface area contributed by atoms with Crippen LogP contribution in [0.3, 0.4) is 0 Å². The molecular formula is C12H13F2N5. The van der Waals surface area contributed by atoms with Crippen LogP contribution in [0.2, 0.25) is 0 Å². The van der Waals surface area contributed by atoms with Crippen molar-refractivity contribution in [3.8, 4) is 0 Å². The third-order valence-corrected chi connectivity index (χ3v) is 2.52. The minimum Gasteiger partial charge on any atom is -0.335 e. The van der Waals surface area contributed by atoms with Crippen molar-refractivity contribution in [1.82, 2.24) is 9.97 Å². The number of aromatic nitrogens is 2. The van der Waals surface area contributed by atoms with E-state index in [1.165, 1.54) is 12.1 Å². The summed E-state index contributed by atoms with van der Waals surface area (Å²) < 4.78 is 27.5. The van der Waals surface area contributed by atoms with Crippen LogP contribution in [0.25, 0.3) is 0 Å². The zero-order chi connectivity index (χ0) is 14.0. The van der Waals surface area contributed by atoms with E-state index in [0.717, 1.165) is 0 Å². The third-order valence-electron chi connectivity index (χ3n) is 2.52. The van der Waals surface area contributed by atoms with Gasteiger partial charge in [-0.2, -0.15) is 4.98 Å². The van der Waals surface area contributed by atoms with Gasteiger partial charge in [0.15, 0.2) is 5.82 Å². The van der Waals surface area contributed by atoms with Crippen molar-refractivity contribution >= 4 is 17.5 Å². The first-order valence-corrected chi connectivity index (χ1v) is 5.55. The number of nitrogens with one attached hydrogen (secondary N) is 2. The highest BCUT2D eigenvalue weighted by Gasteiger charge is 2.12. The average molecular weight is 265 g/mol. The van der Waals surface area contributed by atoms with E-state index in [4.69, 9.17) is 5.84 Å². The van der Waals surface area contributed by atoms with Gasteiger partial charge in [-0.3, -0.25) is 5.43 Å². The fourth-order valence-corrected chi connectivity index (χ4v) is 1.60. The summed E-state index contributed by atoms with van der Waals surface area (Å²) in [7, 11) is 0. The lowest BCUT2D eigenvalue weighted by molar-refractivity contribution is 0.584. The van der Waals surface area contributed by atoms with Gasteiger partial charge in [-0.15, -0.1) is 0 Å². The van der Waals surface area contributed by atoms with Crippen LogP contribution in [0.4, 0.5) is 26.2 Å². The first kappa shape index (κ1) is 13.2. The molecule has 0 unspecified atom stereocenters. The molecule has 1 heterocycles. The van der Waals surface area contributed by atoms with E-state index in [9.17, 15) is 8.78 Å². The molecule has 0 aliphatic carbocycles. The van der Waals surface area contributed by atoms with Gasteiger partial charge >= 0.3 is 0 Å². The molecule has 0 radical (unpaired) electrons. The van der Waals surface area contributed by atoms with E-state index in [1.54, 1.807) is 19.9 Å². The summed E-state index contributed by atoms with van der Waals surface area (Å²) in [4.78, 5) is 7.95. The third kappa shape index (κ3) is 2.76. The molecule has 5 nitrogen and oxygen atoms in total. The van der Waals surface area contributed by atoms with Gasteiger partial charge in [0.25, 0.3) is 0 Å². The Balaban J connectivity index is 2.41. The second kappa shape index (κ2) is 5.15. The minimum atomic E-state index is -0.693. The fourth-order valence-electron chi connectivity index (χ4n) is 1.60. The number of hydrazine groups is 1. The second-order valence-electron chi connectivity index (χ2n) is 4.04. The zero-order valence-electron chi connectivity index (χ0n) is 10.5. The molecule has 0 atom stereocenters. The van der Waals surface area contributed by atoms with Crippen molar-refractivity contribution < 1.29 is 8.78 Å². The maximum Gasteiger partial charge on any atom is 0.239 e. The molecule has 100 valence electrons. The van der Waals surface area contributed by atoms with Crippen molar-refractivity contribution in [2.24, 2.45) is 5.84 Å². The summed E-state index contributed by atoms with van der Waals surface area (Å²) in [6, 6.07) is 4.12. The molecule has 1 aromatic carbocycles. The largest absolute Gasteiger partial charge is 0.335 e. The van der Waals surface area contributed by atoms with Gasteiger partial charge in [0, 0.05) is 11.8 Å². The Morgan fingerprint density at radius 1 is 1.16 bits per heavy atom. The van der Waals surface area contributed by atoms with Gasteiger partial charge in [0.05, 0.1) is 0 Å². The number of rotatable bonds is 3. The maximum atomic E-state index is 13.8. The summed E-state index contributed by atoms with van der Waals surface area (Å²) in [5.41, 5.74) is 2.99. The Morgan fingerprint density at radius 3 is 2.58 bits per heavy atom. The molecule has 0 amide bonds. The lowest BCUT2D eigenvalue weighted by atomic mass is 10.2. The standard InChI is InChI=1S/C12H13F2N5/c1-6-3-4-8(13)11(10(6)14)17-9-5-7(2)16-12(18-9)19-15/h3-5H,15H2,1-2H3,(H2,16,17,18,19). The van der Waals surface area contributed by atoms with E-state index in [2.05, 4.69) is 20.7 Å². The van der Waals surface area contributed by atoms with E-state index < -0.39 is 11.6 Å². The van der Waals surface area contributed by atoms with Crippen LogP contribution < -0.4 is 16.6 Å². The number of nitrogens with two attached hydrogens (primary N) is 1. The molecule has 19 heavy (non-hydrogen) atoms. The first-order chi connectivity index (χ1) is 9.01. The summed E-state index contributed by atoms with van der Waals surface area (Å²) in [6.45, 7) is 3.27. The predicted molar refractivity (Wildman–Crippen MR) is 69.0 cm³/mol. The van der Waals surface area contributed by atoms with Crippen LogP contribution in [0.1, 0.15) is 11.3 Å². The quantitative estimate of drug-likeness (QED) is 0.587. The maximum absolute atomic E-state index is 13.8. The number of nitrogens with zero attached hydrogens (tertiary/aromatic N) is 2. The number of halogens is 2. The molecular weight excluding hydrogens is 252 g/mol. The van der Waals surface area contributed by atoms with Crippen LogP contribution in [-0.4, -0.2) is 9.97 Å². The van der Waals surface area contributed by atoms with Crippen molar-refractivity contribution in [2.75, 3.05) is 10.7 Å². The summed E-state index contributed by atoms with van der Waals surface area (Å²) in [5, 5.41) is 2.60. The Labute approximate surface area is 108 Å². The summed E-state index contributed by atoms with van der Waals surface area (Å²) >= 11 is 0. The number of anilines is 3. The number of hydrogen-bond acceptors (Lipinski definition) is 5. The average Bonchev–Trinajstić information content (AvgIpc) is 2.38. The Morgan fingerprint density at radius 2 is 1.89 bits per heavy atom. The highest BCUT2D eigenvalue weighted by molar-refractivity contribution is 5.60. The van der Waals surface area contributed by atoms with Gasteiger partial charge in [-0.25, -0.2) is 19.6 Å². The molecule has 0 spiro atoms. The zero-order valence-corrected chi connectivity index (χ0v) is 10.5. The molecule has 4 N–H and O–H groups in total. The van der Waals surface area contributed by atoms with Crippen molar-refractivity contribution in [3.63, 3.8) is 0 Å². The lowest BCUT2D eigenvalue weighted by Crippen LogP contribution is -2.12. The van der Waals surface area contributed by atoms with E-state index >= 15 is 0 Å². The number of nitrogen functional groups attached to an aromatic ring is 1. The minimum absolute atomic E-state index is 0.163. The lowest BCUT2D eigenvalue weighted by Gasteiger charge is -2.11. The van der Waals surface area contributed by atoms with Crippen LogP contribution in [0, 0.1) is 25.5 Å². The smallest absolute Gasteiger partial charge is 0.239 e. The molecule has 7 heteroatoms. The van der Waals surface area contributed by atoms with Crippen LogP contribution >= 0.6 is 0 Å². The van der Waals surface area contributed by atoms with E-state index in [1.807, 2.05) is 0 Å². The van der Waals surface area contributed by atoms with Gasteiger partial charge in [-0.1, -0.05) is 6.07 Å². The van der Waals surface area contributed by atoms with E-state index in [-0.39, 0.29) is 17.5 Å². The molecule has 1 aromatic heterocycles. The monoisotopic (exact) mass is 265 g/mol. The molecule has 0 bridgehead atoms. The molecule has 2 aromatic rings. The molecule has 0 aliphatic heterocycles. The molecule has 0 saturated carbocycles. The van der Waals surface area contributed by atoms with Gasteiger partial charge in [-0.05, 0) is 25.5 Å². The molecule has 0 saturated heterocycles. The highest BCUT2D eigenvalue weighted by atomic mass is 19.1. The number of aryl methyl sites for hydroxylation is 2. The predicted octanol–water partition coefficient (Wildman–Crippen LogP) is 2.40. The van der Waals surface area contributed by atoms with Crippen LogP contribution in [-0.2, 0) is 0 Å². The topological polar surface area (TPSA) is 75.9 Å². The first-order valence-electron chi connectivity index (χ1n) is 5.55. The molecule has 2 rings (SSSR count). The molecule has 0 aliphatic rings. The normalized spacial score (nSPS) is 10.4. The van der Waals surface area contributed by atoms with Gasteiger partial charge in [0.2, 0.25) is 5.95 Å². The fraction of sp³-hybridized carbons (Fsp3) is 0.167. The summed E-state index contributed by atoms with van der Waals surface area (Å²) in [6.07, 6.45) is 0. The SMILES string of the molecule is Cc1cc(Nc2c(F)ccc(C)c2F)nc(NN)n1. The number of hydrogen-bond donors (Lipinski definition) is 3. The Kier molecular flexibility index (Phi) is 3.57. The van der Waals surface area contributed by atoms with Crippen molar-refractivity contribution in [3.05, 3.63) is 41.1 Å². The Hall–Kier alpha value is -2.28. The van der Waals surface area contributed by atoms with Crippen molar-refractivity contribution in [2.45, 2.75) is 13.8 Å². The van der Waals surface area contributed by atoms with Crippen molar-refractivity contribution in [1.29, 1.82) is 0 Å². The highest BCUT2D eigenvalue weighted by Crippen LogP contribution is 2.25. The molecule has 0 fully saturated rings. The second-order valence-corrected chi connectivity index (χ2v) is 4.04. The van der Waals surface area contributed by atoms with Gasteiger partial charge < -0.3 is 5.32 Å². The summed E-state index contributed by atoms with van der Waals surface area (Å²) in [5.74, 6) is 4.28.